The van der Waals surface area contributed by atoms with Crippen molar-refractivity contribution in [1.29, 1.82) is 0 Å². The van der Waals surface area contributed by atoms with Crippen LogP contribution in [0.3, 0.4) is 0 Å². The monoisotopic (exact) mass is 274 g/mol. The summed E-state index contributed by atoms with van der Waals surface area (Å²) in [5.41, 5.74) is 2.42. The number of hydrogen-bond acceptors (Lipinski definition) is 3. The Morgan fingerprint density at radius 1 is 1.40 bits per heavy atom. The summed E-state index contributed by atoms with van der Waals surface area (Å²) < 4.78 is 0. The average molecular weight is 274 g/mol. The highest BCUT2D eigenvalue weighted by Crippen LogP contribution is 2.54. The van der Waals surface area contributed by atoms with Crippen molar-refractivity contribution in [2.75, 3.05) is 13.2 Å². The van der Waals surface area contributed by atoms with E-state index in [4.69, 9.17) is 0 Å². The van der Waals surface area contributed by atoms with Crippen molar-refractivity contribution in [3.8, 4) is 0 Å². The van der Waals surface area contributed by atoms with E-state index >= 15 is 0 Å². The number of aromatic amines is 1. The van der Waals surface area contributed by atoms with E-state index < -0.39 is 0 Å². The van der Waals surface area contributed by atoms with Gasteiger partial charge in [0.2, 0.25) is 5.56 Å². The number of aliphatic hydroxyl groups is 1. The fourth-order valence-corrected chi connectivity index (χ4v) is 5.13. The van der Waals surface area contributed by atoms with Gasteiger partial charge in [0.25, 0.3) is 0 Å². The maximum Gasteiger partial charge on any atom is 0.248 e. The summed E-state index contributed by atoms with van der Waals surface area (Å²) in [6, 6.07) is 3.68. The number of pyridine rings is 1. The highest BCUT2D eigenvalue weighted by Gasteiger charge is 2.54. The van der Waals surface area contributed by atoms with Gasteiger partial charge in [0, 0.05) is 23.9 Å². The molecule has 0 radical (unpaired) electrons. The molecule has 3 N–H and O–H groups in total. The Balaban J connectivity index is 1.88. The third-order valence-corrected chi connectivity index (χ3v) is 5.79. The Hall–Kier alpha value is -1.13. The molecule has 1 aliphatic heterocycles. The molecule has 0 spiro atoms. The van der Waals surface area contributed by atoms with E-state index in [1.807, 2.05) is 6.07 Å². The molecule has 0 unspecified atom stereocenters. The van der Waals surface area contributed by atoms with E-state index in [0.717, 1.165) is 31.5 Å². The van der Waals surface area contributed by atoms with Crippen LogP contribution in [0.15, 0.2) is 16.9 Å². The number of fused-ring (bicyclic) bond motifs is 1. The van der Waals surface area contributed by atoms with E-state index in [2.05, 4.69) is 10.3 Å². The summed E-state index contributed by atoms with van der Waals surface area (Å²) in [6.07, 6.45) is 5.58. The van der Waals surface area contributed by atoms with Crippen LogP contribution in [-0.2, 0) is 12.0 Å². The summed E-state index contributed by atoms with van der Waals surface area (Å²) in [5.74, 6) is 1.65. The first-order valence-electron chi connectivity index (χ1n) is 7.81. The van der Waals surface area contributed by atoms with Gasteiger partial charge in [0.1, 0.15) is 0 Å². The topological polar surface area (TPSA) is 65.1 Å². The van der Waals surface area contributed by atoms with Crippen LogP contribution in [-0.4, -0.2) is 23.2 Å². The SMILES string of the molecule is O=c1ccc2c([nH]1)C[C@@H]1C[C@@H](CO)C[C@]23NCCC[C@H]13. The van der Waals surface area contributed by atoms with E-state index in [-0.39, 0.29) is 17.7 Å². The van der Waals surface area contributed by atoms with Crippen LogP contribution in [0.5, 0.6) is 0 Å². The second-order valence-electron chi connectivity index (χ2n) is 6.81. The molecule has 20 heavy (non-hydrogen) atoms. The standard InChI is InChI=1S/C16H22N2O2/c19-9-10-6-11-7-14-13(3-4-15(20)18-14)16(8-10)12(11)2-1-5-17-16/h3-4,10-12,17,19H,1-2,5-9H2,(H,18,20)/t10-,11+,12-,16-/m1/s1. The van der Waals surface area contributed by atoms with Gasteiger partial charge in [-0.15, -0.1) is 0 Å². The molecular formula is C16H22N2O2. The normalized spacial score (nSPS) is 39.0. The number of H-pyrrole nitrogens is 1. The van der Waals surface area contributed by atoms with Crippen LogP contribution < -0.4 is 10.9 Å². The first-order chi connectivity index (χ1) is 9.73. The number of aliphatic hydroxyl groups excluding tert-OH is 1. The molecule has 2 fully saturated rings. The van der Waals surface area contributed by atoms with E-state index in [1.54, 1.807) is 6.07 Å². The maximum atomic E-state index is 11.6. The van der Waals surface area contributed by atoms with Crippen molar-refractivity contribution in [3.05, 3.63) is 33.7 Å². The maximum absolute atomic E-state index is 11.6. The Bertz CT molecular complexity index is 582. The van der Waals surface area contributed by atoms with Crippen LogP contribution in [0, 0.1) is 17.8 Å². The number of piperidine rings is 1. The Labute approximate surface area is 118 Å². The molecule has 1 aromatic heterocycles. The van der Waals surface area contributed by atoms with Gasteiger partial charge in [-0.1, -0.05) is 0 Å². The molecule has 2 heterocycles. The first kappa shape index (κ1) is 12.6. The number of rotatable bonds is 1. The van der Waals surface area contributed by atoms with Crippen molar-refractivity contribution in [2.24, 2.45) is 17.8 Å². The predicted molar refractivity (Wildman–Crippen MR) is 76.5 cm³/mol. The summed E-state index contributed by atoms with van der Waals surface area (Å²) in [5, 5.41) is 13.4. The molecule has 4 heteroatoms. The first-order valence-corrected chi connectivity index (χ1v) is 7.81. The third-order valence-electron chi connectivity index (χ3n) is 5.79. The summed E-state index contributed by atoms with van der Waals surface area (Å²) in [4.78, 5) is 14.7. The smallest absolute Gasteiger partial charge is 0.248 e. The minimum absolute atomic E-state index is 0.00573. The summed E-state index contributed by atoms with van der Waals surface area (Å²) >= 11 is 0. The molecule has 2 aliphatic carbocycles. The van der Waals surface area contributed by atoms with Crippen LogP contribution in [0.1, 0.15) is 36.9 Å². The van der Waals surface area contributed by atoms with Crippen molar-refractivity contribution in [2.45, 2.75) is 37.6 Å². The van der Waals surface area contributed by atoms with Gasteiger partial charge in [-0.2, -0.15) is 0 Å². The molecule has 2 bridgehead atoms. The van der Waals surface area contributed by atoms with Gasteiger partial charge in [-0.05, 0) is 68.0 Å². The molecule has 3 aliphatic rings. The van der Waals surface area contributed by atoms with Gasteiger partial charge in [0.15, 0.2) is 0 Å². The lowest BCUT2D eigenvalue weighted by Gasteiger charge is -2.57. The average Bonchev–Trinajstić information content (AvgIpc) is 2.46. The molecule has 4 atom stereocenters. The molecular weight excluding hydrogens is 252 g/mol. The molecule has 108 valence electrons. The lowest BCUT2D eigenvalue weighted by atomic mass is 9.54. The number of hydrogen-bond donors (Lipinski definition) is 3. The van der Waals surface area contributed by atoms with Crippen LogP contribution in [0.25, 0.3) is 0 Å². The van der Waals surface area contributed by atoms with Crippen LogP contribution in [0.2, 0.25) is 0 Å². The van der Waals surface area contributed by atoms with Gasteiger partial charge < -0.3 is 15.4 Å². The number of aromatic nitrogens is 1. The van der Waals surface area contributed by atoms with Crippen molar-refractivity contribution in [3.63, 3.8) is 0 Å². The van der Waals surface area contributed by atoms with E-state index in [9.17, 15) is 9.90 Å². The zero-order valence-electron chi connectivity index (χ0n) is 11.7. The van der Waals surface area contributed by atoms with Gasteiger partial charge >= 0.3 is 0 Å². The summed E-state index contributed by atoms with van der Waals surface area (Å²) in [6.45, 7) is 1.32. The minimum Gasteiger partial charge on any atom is -0.396 e. The third kappa shape index (κ3) is 1.64. The van der Waals surface area contributed by atoms with Gasteiger partial charge in [-0.3, -0.25) is 4.79 Å². The van der Waals surface area contributed by atoms with Gasteiger partial charge in [0.05, 0.1) is 0 Å². The molecule has 1 saturated carbocycles. The molecule has 1 aromatic rings. The highest BCUT2D eigenvalue weighted by molar-refractivity contribution is 5.35. The molecule has 0 amide bonds. The Morgan fingerprint density at radius 2 is 2.30 bits per heavy atom. The van der Waals surface area contributed by atoms with Crippen molar-refractivity contribution in [1.82, 2.24) is 10.3 Å². The van der Waals surface area contributed by atoms with Crippen molar-refractivity contribution >= 4 is 0 Å². The second kappa shape index (κ2) is 4.43. The second-order valence-corrected chi connectivity index (χ2v) is 6.81. The minimum atomic E-state index is -0.00759. The predicted octanol–water partition coefficient (Wildman–Crippen LogP) is 1.14. The summed E-state index contributed by atoms with van der Waals surface area (Å²) in [7, 11) is 0. The van der Waals surface area contributed by atoms with Crippen LogP contribution in [0.4, 0.5) is 0 Å². The van der Waals surface area contributed by atoms with Gasteiger partial charge in [-0.25, -0.2) is 0 Å². The molecule has 4 nitrogen and oxygen atoms in total. The van der Waals surface area contributed by atoms with Crippen LogP contribution >= 0.6 is 0 Å². The fourth-order valence-electron chi connectivity index (χ4n) is 5.13. The molecule has 1 saturated heterocycles. The van der Waals surface area contributed by atoms with Crippen molar-refractivity contribution < 1.29 is 5.11 Å². The quantitative estimate of drug-likeness (QED) is 0.719. The highest BCUT2D eigenvalue weighted by atomic mass is 16.3. The zero-order valence-corrected chi connectivity index (χ0v) is 11.7. The molecule has 0 aromatic carbocycles. The Kier molecular flexibility index (Phi) is 2.79. The zero-order chi connectivity index (χ0) is 13.7. The number of nitrogens with one attached hydrogen (secondary N) is 2. The van der Waals surface area contributed by atoms with E-state index in [1.165, 1.54) is 18.4 Å². The van der Waals surface area contributed by atoms with E-state index in [0.29, 0.717) is 17.8 Å². The Morgan fingerprint density at radius 3 is 3.15 bits per heavy atom. The lowest BCUT2D eigenvalue weighted by molar-refractivity contribution is -0.0117. The fraction of sp³-hybridized carbons (Fsp3) is 0.688. The molecule has 4 rings (SSSR count). The largest absolute Gasteiger partial charge is 0.396 e. The lowest BCUT2D eigenvalue weighted by Crippen LogP contribution is -2.61.